The summed E-state index contributed by atoms with van der Waals surface area (Å²) in [5.41, 5.74) is -1.10. The average Bonchev–Trinajstić information content (AvgIpc) is 2.40. The number of benzene rings is 1. The molecule has 0 amide bonds. The quantitative estimate of drug-likeness (QED) is 0.832. The highest BCUT2D eigenvalue weighted by atomic mass is 79.9. The third kappa shape index (κ3) is 3.98. The molecule has 0 aliphatic heterocycles. The molecule has 1 aromatic carbocycles. The molecule has 0 bridgehead atoms. The first-order chi connectivity index (χ1) is 9.79. The molecule has 2 aromatic rings. The third-order valence-electron chi connectivity index (χ3n) is 2.33. The van der Waals surface area contributed by atoms with Gasteiger partial charge in [0.15, 0.2) is 5.69 Å². The summed E-state index contributed by atoms with van der Waals surface area (Å²) in [6.07, 6.45) is -4.59. The maximum absolute atomic E-state index is 12.8. The number of hydrogen-bond donors (Lipinski definition) is 1. The Morgan fingerprint density at radius 3 is 2.52 bits per heavy atom. The minimum atomic E-state index is -4.59. The van der Waals surface area contributed by atoms with Crippen LogP contribution >= 0.6 is 27.5 Å². The van der Waals surface area contributed by atoms with Gasteiger partial charge in [-0.3, -0.25) is 0 Å². The number of aromatic nitrogens is 2. The van der Waals surface area contributed by atoms with Gasteiger partial charge in [0.2, 0.25) is 11.8 Å². The van der Waals surface area contributed by atoms with Crippen LogP contribution in [-0.4, -0.2) is 17.0 Å². The molecule has 9 heteroatoms. The summed E-state index contributed by atoms with van der Waals surface area (Å²) in [5.74, 6) is -0.136. The lowest BCUT2D eigenvalue weighted by atomic mass is 10.3. The smallest absolute Gasteiger partial charge is 0.433 e. The summed E-state index contributed by atoms with van der Waals surface area (Å²) in [7, 11) is 1.41. The number of anilines is 1. The van der Waals surface area contributed by atoms with Gasteiger partial charge in [-0.05, 0) is 34.1 Å². The first-order valence-corrected chi connectivity index (χ1v) is 6.73. The summed E-state index contributed by atoms with van der Waals surface area (Å²) in [6, 6.07) is 5.34. The van der Waals surface area contributed by atoms with Crippen LogP contribution in [0.4, 0.5) is 19.1 Å². The van der Waals surface area contributed by atoms with Gasteiger partial charge in [-0.2, -0.15) is 18.2 Å². The van der Waals surface area contributed by atoms with Crippen LogP contribution in [0.2, 0.25) is 5.02 Å². The van der Waals surface area contributed by atoms with E-state index in [1.807, 2.05) is 0 Å². The van der Waals surface area contributed by atoms with Crippen LogP contribution in [0.25, 0.3) is 0 Å². The Labute approximate surface area is 131 Å². The molecular formula is C12H8BrClF3N3O. The Bertz CT molecular complexity index is 667. The van der Waals surface area contributed by atoms with Crippen molar-refractivity contribution in [3.63, 3.8) is 0 Å². The van der Waals surface area contributed by atoms with E-state index in [0.29, 0.717) is 9.50 Å². The van der Waals surface area contributed by atoms with Crippen LogP contribution in [0.5, 0.6) is 11.6 Å². The highest BCUT2D eigenvalue weighted by Crippen LogP contribution is 2.34. The fourth-order valence-electron chi connectivity index (χ4n) is 1.40. The molecule has 0 aliphatic rings. The van der Waals surface area contributed by atoms with E-state index in [4.69, 9.17) is 16.3 Å². The Balaban J connectivity index is 2.39. The molecule has 112 valence electrons. The highest BCUT2D eigenvalue weighted by Gasteiger charge is 2.34. The molecule has 4 nitrogen and oxygen atoms in total. The molecule has 0 spiro atoms. The van der Waals surface area contributed by atoms with E-state index in [9.17, 15) is 13.2 Å². The zero-order chi connectivity index (χ0) is 15.6. The molecule has 0 saturated carbocycles. The van der Waals surface area contributed by atoms with Crippen molar-refractivity contribution in [3.05, 3.63) is 39.5 Å². The zero-order valence-corrected chi connectivity index (χ0v) is 12.8. The largest absolute Gasteiger partial charge is 0.438 e. The maximum Gasteiger partial charge on any atom is 0.433 e. The molecule has 0 aliphatic carbocycles. The van der Waals surface area contributed by atoms with Gasteiger partial charge in [0.05, 0.1) is 4.47 Å². The predicted molar refractivity (Wildman–Crippen MR) is 75.8 cm³/mol. The number of nitrogens with one attached hydrogen (secondary N) is 1. The van der Waals surface area contributed by atoms with Crippen molar-refractivity contribution < 1.29 is 17.9 Å². The van der Waals surface area contributed by atoms with E-state index in [1.165, 1.54) is 13.1 Å². The van der Waals surface area contributed by atoms with E-state index in [1.54, 1.807) is 12.1 Å². The summed E-state index contributed by atoms with van der Waals surface area (Å²) in [6.45, 7) is 0. The van der Waals surface area contributed by atoms with Gasteiger partial charge in [0.1, 0.15) is 5.75 Å². The van der Waals surface area contributed by atoms with Gasteiger partial charge < -0.3 is 10.1 Å². The molecule has 0 fully saturated rings. The number of nitrogens with zero attached hydrogens (tertiary/aromatic N) is 2. The molecule has 1 aromatic heterocycles. The second-order valence-corrected chi connectivity index (χ2v) is 5.13. The minimum Gasteiger partial charge on any atom is -0.438 e. The van der Waals surface area contributed by atoms with Crippen molar-refractivity contribution in [3.8, 4) is 11.6 Å². The molecule has 21 heavy (non-hydrogen) atoms. The van der Waals surface area contributed by atoms with Crippen LogP contribution in [0.1, 0.15) is 5.69 Å². The van der Waals surface area contributed by atoms with Gasteiger partial charge in [0, 0.05) is 18.1 Å². The number of ether oxygens (including phenoxy) is 1. The number of rotatable bonds is 3. The van der Waals surface area contributed by atoms with E-state index in [-0.39, 0.29) is 17.6 Å². The average molecular weight is 383 g/mol. The number of hydrogen-bond acceptors (Lipinski definition) is 4. The monoisotopic (exact) mass is 381 g/mol. The predicted octanol–water partition coefficient (Wildman–Crippen LogP) is 4.75. The Kier molecular flexibility index (Phi) is 4.58. The van der Waals surface area contributed by atoms with Crippen molar-refractivity contribution in [2.24, 2.45) is 0 Å². The van der Waals surface area contributed by atoms with Crippen LogP contribution in [0.15, 0.2) is 28.7 Å². The molecule has 0 unspecified atom stereocenters. The first-order valence-electron chi connectivity index (χ1n) is 5.56. The Morgan fingerprint density at radius 1 is 1.24 bits per heavy atom. The van der Waals surface area contributed by atoms with Gasteiger partial charge in [-0.25, -0.2) is 4.98 Å². The van der Waals surface area contributed by atoms with Gasteiger partial charge in [-0.15, -0.1) is 0 Å². The number of alkyl halides is 3. The SMILES string of the molecule is CNc1nc(Oc2ccc(Cl)cc2Br)cc(C(F)(F)F)n1. The summed E-state index contributed by atoms with van der Waals surface area (Å²) in [5, 5.41) is 2.92. The highest BCUT2D eigenvalue weighted by molar-refractivity contribution is 9.10. The lowest BCUT2D eigenvalue weighted by Crippen LogP contribution is -2.11. The summed E-state index contributed by atoms with van der Waals surface area (Å²) >= 11 is 8.99. The van der Waals surface area contributed by atoms with Crippen molar-refractivity contribution in [2.75, 3.05) is 12.4 Å². The topological polar surface area (TPSA) is 47.0 Å². The van der Waals surface area contributed by atoms with Crippen LogP contribution < -0.4 is 10.1 Å². The third-order valence-corrected chi connectivity index (χ3v) is 3.18. The van der Waals surface area contributed by atoms with Gasteiger partial charge >= 0.3 is 6.18 Å². The zero-order valence-electron chi connectivity index (χ0n) is 10.5. The Hall–Kier alpha value is -1.54. The summed E-state index contributed by atoms with van der Waals surface area (Å²) in [4.78, 5) is 7.17. The second kappa shape index (κ2) is 6.07. The lowest BCUT2D eigenvalue weighted by molar-refractivity contribution is -0.141. The van der Waals surface area contributed by atoms with Gasteiger partial charge in [-0.1, -0.05) is 11.6 Å². The Morgan fingerprint density at radius 2 is 1.95 bits per heavy atom. The maximum atomic E-state index is 12.8. The molecule has 0 atom stereocenters. The van der Waals surface area contributed by atoms with Crippen molar-refractivity contribution >= 4 is 33.5 Å². The molecular weight excluding hydrogens is 375 g/mol. The fourth-order valence-corrected chi connectivity index (χ4v) is 2.17. The lowest BCUT2D eigenvalue weighted by Gasteiger charge is -2.11. The minimum absolute atomic E-state index is 0.190. The second-order valence-electron chi connectivity index (χ2n) is 3.84. The van der Waals surface area contributed by atoms with E-state index < -0.39 is 11.9 Å². The first kappa shape index (κ1) is 15.8. The van der Waals surface area contributed by atoms with Crippen molar-refractivity contribution in [1.82, 2.24) is 9.97 Å². The van der Waals surface area contributed by atoms with Crippen LogP contribution in [-0.2, 0) is 6.18 Å². The molecule has 2 rings (SSSR count). The number of halogens is 5. The van der Waals surface area contributed by atoms with E-state index >= 15 is 0 Å². The van der Waals surface area contributed by atoms with Crippen LogP contribution in [0, 0.1) is 0 Å². The van der Waals surface area contributed by atoms with E-state index in [2.05, 4.69) is 31.2 Å². The summed E-state index contributed by atoms with van der Waals surface area (Å²) < 4.78 is 44.1. The fraction of sp³-hybridized carbons (Fsp3) is 0.167. The standard InChI is InChI=1S/C12H8BrClF3N3O/c1-18-11-19-9(12(15,16)17)5-10(20-11)21-8-3-2-6(14)4-7(8)13/h2-5H,1H3,(H,18,19,20). The van der Waals surface area contributed by atoms with Crippen LogP contribution in [0.3, 0.4) is 0 Å². The molecule has 0 radical (unpaired) electrons. The molecule has 1 N–H and O–H groups in total. The van der Waals surface area contributed by atoms with Crippen molar-refractivity contribution in [1.29, 1.82) is 0 Å². The van der Waals surface area contributed by atoms with Gasteiger partial charge in [0.25, 0.3) is 0 Å². The normalized spacial score (nSPS) is 11.3. The van der Waals surface area contributed by atoms with Crippen molar-refractivity contribution in [2.45, 2.75) is 6.18 Å². The van der Waals surface area contributed by atoms with E-state index in [0.717, 1.165) is 6.07 Å². The molecule has 1 heterocycles. The molecule has 0 saturated heterocycles.